The fraction of sp³-hybridized carbons (Fsp3) is 0.167. The van der Waals surface area contributed by atoms with Crippen LogP contribution in [0, 0.1) is 0 Å². The Morgan fingerprint density at radius 3 is 2.62 bits per heavy atom. The average Bonchev–Trinajstić information content (AvgIpc) is 3.13. The van der Waals surface area contributed by atoms with E-state index < -0.39 is 0 Å². The van der Waals surface area contributed by atoms with Gasteiger partial charge < -0.3 is 10.4 Å². The van der Waals surface area contributed by atoms with Crippen LogP contribution in [0.25, 0.3) is 10.7 Å². The maximum Gasteiger partial charge on any atom is 0.263 e. The number of thiazole rings is 1. The summed E-state index contributed by atoms with van der Waals surface area (Å²) in [6.45, 7) is -0.119. The molecule has 2 aromatic heterocycles. The molecule has 0 radical (unpaired) electrons. The maximum absolute atomic E-state index is 12.4. The van der Waals surface area contributed by atoms with Crippen LogP contribution in [0.3, 0.4) is 0 Å². The van der Waals surface area contributed by atoms with E-state index in [-0.39, 0.29) is 18.6 Å². The first kappa shape index (κ1) is 16.3. The third kappa shape index (κ3) is 4.04. The van der Waals surface area contributed by atoms with Gasteiger partial charge in [-0.05, 0) is 24.1 Å². The molecule has 0 spiro atoms. The first-order valence-corrected chi connectivity index (χ1v) is 8.41. The number of benzene rings is 1. The fourth-order valence-electron chi connectivity index (χ4n) is 2.30. The first-order chi connectivity index (χ1) is 11.8. The summed E-state index contributed by atoms with van der Waals surface area (Å²) in [7, 11) is 0. The molecule has 1 aromatic carbocycles. The molecule has 2 N–H and O–H groups in total. The maximum atomic E-state index is 12.4. The molecule has 1 atom stereocenters. The van der Waals surface area contributed by atoms with Crippen molar-refractivity contribution in [3.05, 3.63) is 71.4 Å². The number of aliphatic hydroxyl groups excluding tert-OH is 1. The summed E-state index contributed by atoms with van der Waals surface area (Å²) in [6.07, 6.45) is 3.81. The minimum Gasteiger partial charge on any atom is -0.394 e. The number of aliphatic hydroxyl groups is 1. The highest BCUT2D eigenvalue weighted by Crippen LogP contribution is 2.23. The van der Waals surface area contributed by atoms with Gasteiger partial charge in [-0.3, -0.25) is 9.78 Å². The van der Waals surface area contributed by atoms with Crippen LogP contribution in [0.4, 0.5) is 0 Å². The molecule has 0 aliphatic heterocycles. The van der Waals surface area contributed by atoms with Gasteiger partial charge in [0.1, 0.15) is 9.88 Å². The van der Waals surface area contributed by atoms with Crippen molar-refractivity contribution in [1.29, 1.82) is 0 Å². The molecule has 0 saturated heterocycles. The Balaban J connectivity index is 1.67. The summed E-state index contributed by atoms with van der Waals surface area (Å²) in [5.41, 5.74) is 1.81. The van der Waals surface area contributed by atoms with Crippen LogP contribution in [0.15, 0.2) is 60.9 Å². The predicted octanol–water partition coefficient (Wildman–Crippen LogP) is 2.54. The minimum absolute atomic E-state index is 0.119. The van der Waals surface area contributed by atoms with E-state index in [4.69, 9.17) is 0 Å². The largest absolute Gasteiger partial charge is 0.394 e. The number of nitrogens with one attached hydrogen (secondary N) is 1. The van der Waals surface area contributed by atoms with Gasteiger partial charge in [-0.15, -0.1) is 11.3 Å². The average molecular weight is 339 g/mol. The van der Waals surface area contributed by atoms with Crippen molar-refractivity contribution in [3.8, 4) is 10.7 Å². The van der Waals surface area contributed by atoms with E-state index in [1.165, 1.54) is 11.3 Å². The second-order valence-electron chi connectivity index (χ2n) is 5.29. The number of amides is 1. The lowest BCUT2D eigenvalue weighted by Gasteiger charge is -2.15. The Hall–Kier alpha value is -2.57. The summed E-state index contributed by atoms with van der Waals surface area (Å²) < 4.78 is 0. The summed E-state index contributed by atoms with van der Waals surface area (Å²) in [4.78, 5) is 21.4. The van der Waals surface area contributed by atoms with E-state index in [0.29, 0.717) is 16.3 Å². The van der Waals surface area contributed by atoms with Gasteiger partial charge in [0.05, 0.1) is 24.5 Å². The van der Waals surface area contributed by atoms with Gasteiger partial charge >= 0.3 is 0 Å². The summed E-state index contributed by atoms with van der Waals surface area (Å²) in [6, 6.07) is 15.0. The Labute approximate surface area is 144 Å². The Morgan fingerprint density at radius 1 is 1.12 bits per heavy atom. The Morgan fingerprint density at radius 2 is 1.92 bits per heavy atom. The summed E-state index contributed by atoms with van der Waals surface area (Å²) in [5, 5.41) is 13.1. The van der Waals surface area contributed by atoms with Crippen LogP contribution in [0.2, 0.25) is 0 Å². The second kappa shape index (κ2) is 7.81. The van der Waals surface area contributed by atoms with Gasteiger partial charge in [0.2, 0.25) is 0 Å². The van der Waals surface area contributed by atoms with Crippen LogP contribution < -0.4 is 5.32 Å². The van der Waals surface area contributed by atoms with Gasteiger partial charge in [-0.1, -0.05) is 36.4 Å². The lowest BCUT2D eigenvalue weighted by molar-refractivity contribution is 0.0920. The number of hydrogen-bond donors (Lipinski definition) is 2. The third-order valence-corrected chi connectivity index (χ3v) is 4.51. The van der Waals surface area contributed by atoms with Crippen LogP contribution in [-0.4, -0.2) is 33.6 Å². The second-order valence-corrected chi connectivity index (χ2v) is 6.32. The summed E-state index contributed by atoms with van der Waals surface area (Å²) >= 11 is 1.29. The minimum atomic E-state index is -0.333. The fourth-order valence-corrected chi connectivity index (χ4v) is 3.10. The van der Waals surface area contributed by atoms with Crippen molar-refractivity contribution in [1.82, 2.24) is 15.3 Å². The van der Waals surface area contributed by atoms with Crippen molar-refractivity contribution in [2.75, 3.05) is 6.61 Å². The van der Waals surface area contributed by atoms with Gasteiger partial charge in [0.15, 0.2) is 0 Å². The van der Waals surface area contributed by atoms with Crippen LogP contribution in [0.1, 0.15) is 15.2 Å². The number of nitrogens with zero attached hydrogens (tertiary/aromatic N) is 2. The molecule has 6 heteroatoms. The van der Waals surface area contributed by atoms with Crippen molar-refractivity contribution >= 4 is 17.2 Å². The molecule has 3 aromatic rings. The molecular formula is C18H17N3O2S. The molecule has 3 rings (SSSR count). The summed E-state index contributed by atoms with van der Waals surface area (Å²) in [5.74, 6) is -0.232. The Kier molecular flexibility index (Phi) is 5.30. The van der Waals surface area contributed by atoms with Gasteiger partial charge in [0, 0.05) is 6.20 Å². The third-order valence-electron chi connectivity index (χ3n) is 3.49. The van der Waals surface area contributed by atoms with Crippen molar-refractivity contribution in [2.24, 2.45) is 0 Å². The molecule has 5 nitrogen and oxygen atoms in total. The number of pyridine rings is 1. The molecule has 0 fully saturated rings. The molecule has 0 bridgehead atoms. The van der Waals surface area contributed by atoms with E-state index in [9.17, 15) is 9.90 Å². The zero-order valence-corrected chi connectivity index (χ0v) is 13.7. The van der Waals surface area contributed by atoms with E-state index in [1.807, 2.05) is 48.5 Å². The Bertz CT molecular complexity index is 790. The van der Waals surface area contributed by atoms with Crippen LogP contribution in [-0.2, 0) is 6.42 Å². The highest BCUT2D eigenvalue weighted by molar-refractivity contribution is 7.16. The highest BCUT2D eigenvalue weighted by atomic mass is 32.1. The topological polar surface area (TPSA) is 75.1 Å². The van der Waals surface area contributed by atoms with Gasteiger partial charge in [-0.2, -0.15) is 0 Å². The predicted molar refractivity (Wildman–Crippen MR) is 93.8 cm³/mol. The highest BCUT2D eigenvalue weighted by Gasteiger charge is 2.16. The van der Waals surface area contributed by atoms with E-state index in [0.717, 1.165) is 11.3 Å². The first-order valence-electron chi connectivity index (χ1n) is 7.59. The normalized spacial score (nSPS) is 11.9. The smallest absolute Gasteiger partial charge is 0.263 e. The lowest BCUT2D eigenvalue weighted by Crippen LogP contribution is -2.38. The number of carbonyl (C=O) groups is 1. The monoisotopic (exact) mass is 339 g/mol. The van der Waals surface area contributed by atoms with Crippen LogP contribution >= 0.6 is 11.3 Å². The number of aromatic nitrogens is 2. The molecule has 24 heavy (non-hydrogen) atoms. The molecule has 122 valence electrons. The number of rotatable bonds is 6. The van der Waals surface area contributed by atoms with E-state index in [1.54, 1.807) is 12.4 Å². The lowest BCUT2D eigenvalue weighted by atomic mass is 10.1. The zero-order chi connectivity index (χ0) is 16.8. The number of hydrogen-bond acceptors (Lipinski definition) is 5. The molecule has 1 amide bonds. The van der Waals surface area contributed by atoms with Crippen molar-refractivity contribution in [3.63, 3.8) is 0 Å². The SMILES string of the molecule is O=C(NC(CO)Cc1ccccc1)c1cnc(-c2ccccn2)s1. The zero-order valence-electron chi connectivity index (χ0n) is 12.9. The number of carbonyl (C=O) groups excluding carboxylic acids is 1. The van der Waals surface area contributed by atoms with Crippen molar-refractivity contribution in [2.45, 2.75) is 12.5 Å². The van der Waals surface area contributed by atoms with Gasteiger partial charge in [-0.25, -0.2) is 4.98 Å². The molecule has 0 aliphatic rings. The van der Waals surface area contributed by atoms with E-state index in [2.05, 4.69) is 15.3 Å². The molecule has 0 saturated carbocycles. The quantitative estimate of drug-likeness (QED) is 0.724. The van der Waals surface area contributed by atoms with Gasteiger partial charge in [0.25, 0.3) is 5.91 Å². The molecule has 2 heterocycles. The van der Waals surface area contributed by atoms with Crippen LogP contribution in [0.5, 0.6) is 0 Å². The molecular weight excluding hydrogens is 322 g/mol. The molecule has 1 unspecified atom stereocenters. The molecule has 0 aliphatic carbocycles. The van der Waals surface area contributed by atoms with Crippen molar-refractivity contribution < 1.29 is 9.90 Å². The van der Waals surface area contributed by atoms with E-state index >= 15 is 0 Å². The standard InChI is InChI=1S/C18H17N3O2S/c22-12-14(10-13-6-2-1-3-7-13)21-17(23)16-11-20-18(24-16)15-8-4-5-9-19-15/h1-9,11,14,22H,10,12H2,(H,21,23).